The molecule has 1 aliphatic heterocycles. The molecule has 0 bridgehead atoms. The number of hydrogen-bond acceptors (Lipinski definition) is 4. The predicted molar refractivity (Wildman–Crippen MR) is 80.3 cm³/mol. The number of nitriles is 1. The van der Waals surface area contributed by atoms with Gasteiger partial charge in [-0.25, -0.2) is 0 Å². The van der Waals surface area contributed by atoms with Crippen molar-refractivity contribution in [3.05, 3.63) is 0 Å². The van der Waals surface area contributed by atoms with E-state index in [-0.39, 0.29) is 23.8 Å². The second-order valence-electron chi connectivity index (χ2n) is 6.18. The fourth-order valence-corrected chi connectivity index (χ4v) is 2.25. The Balaban J connectivity index is 2.60. The van der Waals surface area contributed by atoms with E-state index in [1.54, 1.807) is 18.7 Å². The van der Waals surface area contributed by atoms with Gasteiger partial charge in [-0.3, -0.25) is 14.5 Å². The van der Waals surface area contributed by atoms with Crippen LogP contribution >= 0.6 is 0 Å². The maximum atomic E-state index is 12.4. The van der Waals surface area contributed by atoms with Gasteiger partial charge in [-0.2, -0.15) is 5.26 Å². The predicted octanol–water partition coefficient (Wildman–Crippen LogP) is 0.593. The number of nitrogens with one attached hydrogen (secondary N) is 1. The molecule has 0 radical (unpaired) electrons. The van der Waals surface area contributed by atoms with Crippen molar-refractivity contribution < 1.29 is 9.59 Å². The lowest BCUT2D eigenvalue weighted by atomic mass is 9.89. The molecule has 6 nitrogen and oxygen atoms in total. The topological polar surface area (TPSA) is 76.4 Å². The van der Waals surface area contributed by atoms with E-state index < -0.39 is 5.54 Å². The van der Waals surface area contributed by atoms with Crippen LogP contribution in [0.4, 0.5) is 0 Å². The molecule has 0 aromatic rings. The van der Waals surface area contributed by atoms with E-state index in [4.69, 9.17) is 0 Å². The Bertz CT molecular complexity index is 435. The van der Waals surface area contributed by atoms with Crippen LogP contribution < -0.4 is 5.32 Å². The van der Waals surface area contributed by atoms with Crippen LogP contribution in [0.1, 0.15) is 34.6 Å². The van der Waals surface area contributed by atoms with E-state index in [1.165, 1.54) is 0 Å². The summed E-state index contributed by atoms with van der Waals surface area (Å²) >= 11 is 0. The van der Waals surface area contributed by atoms with E-state index in [1.807, 2.05) is 25.7 Å². The maximum Gasteiger partial charge on any atom is 0.238 e. The molecule has 0 spiro atoms. The summed E-state index contributed by atoms with van der Waals surface area (Å²) in [6, 6.07) is 1.88. The van der Waals surface area contributed by atoms with Crippen molar-refractivity contribution in [3.63, 3.8) is 0 Å². The first-order valence-electron chi connectivity index (χ1n) is 7.44. The summed E-state index contributed by atoms with van der Waals surface area (Å²) in [7, 11) is 0. The van der Waals surface area contributed by atoms with Crippen molar-refractivity contribution in [2.24, 2.45) is 5.92 Å². The van der Waals surface area contributed by atoms with E-state index >= 15 is 0 Å². The van der Waals surface area contributed by atoms with Gasteiger partial charge < -0.3 is 10.2 Å². The van der Waals surface area contributed by atoms with Crippen LogP contribution in [0.15, 0.2) is 0 Å². The average molecular weight is 294 g/mol. The molecule has 1 N–H and O–H groups in total. The lowest BCUT2D eigenvalue weighted by Crippen LogP contribution is -2.58. The first-order valence-corrected chi connectivity index (χ1v) is 7.44. The summed E-state index contributed by atoms with van der Waals surface area (Å²) in [5.74, 6) is -0.0270. The Morgan fingerprint density at radius 3 is 2.10 bits per heavy atom. The Hall–Kier alpha value is -1.61. The van der Waals surface area contributed by atoms with Crippen LogP contribution in [0, 0.1) is 17.2 Å². The van der Waals surface area contributed by atoms with Crippen LogP contribution in [0.25, 0.3) is 0 Å². The number of rotatable bonds is 4. The molecule has 1 rings (SSSR count). The molecule has 0 aliphatic carbocycles. The number of carbonyl (C=O) groups excluding carboxylic acids is 2. The highest BCUT2D eigenvalue weighted by molar-refractivity contribution is 5.82. The van der Waals surface area contributed by atoms with Gasteiger partial charge >= 0.3 is 0 Å². The van der Waals surface area contributed by atoms with Crippen LogP contribution in [0.2, 0.25) is 0 Å². The van der Waals surface area contributed by atoms with Crippen LogP contribution in [0.3, 0.4) is 0 Å². The largest absolute Gasteiger partial charge is 0.340 e. The van der Waals surface area contributed by atoms with Gasteiger partial charge in [-0.1, -0.05) is 13.8 Å². The zero-order valence-corrected chi connectivity index (χ0v) is 13.6. The molecule has 1 fully saturated rings. The average Bonchev–Trinajstić information content (AvgIpc) is 2.46. The lowest BCUT2D eigenvalue weighted by Gasteiger charge is -2.38. The van der Waals surface area contributed by atoms with E-state index in [0.29, 0.717) is 26.2 Å². The van der Waals surface area contributed by atoms with Crippen LogP contribution in [-0.2, 0) is 9.59 Å². The molecular formula is C15H26N4O2. The monoisotopic (exact) mass is 294 g/mol. The lowest BCUT2D eigenvalue weighted by molar-refractivity contribution is -0.132. The van der Waals surface area contributed by atoms with Crippen molar-refractivity contribution >= 4 is 11.8 Å². The number of carbonyl (C=O) groups is 2. The number of hydrogen-bond donors (Lipinski definition) is 1. The Labute approximate surface area is 127 Å². The fourth-order valence-electron chi connectivity index (χ4n) is 2.25. The second kappa shape index (κ2) is 6.90. The SMILES string of the molecule is CC(=O)N1CCN([C@H](C)C(=O)N[C@](C)(C#N)C(C)C)CC1. The first-order chi connectivity index (χ1) is 9.71. The Morgan fingerprint density at radius 2 is 1.71 bits per heavy atom. The quantitative estimate of drug-likeness (QED) is 0.823. The van der Waals surface area contributed by atoms with Crippen molar-refractivity contribution in [1.82, 2.24) is 15.1 Å². The highest BCUT2D eigenvalue weighted by Gasteiger charge is 2.34. The third kappa shape index (κ3) is 4.18. The van der Waals surface area contributed by atoms with Crippen molar-refractivity contribution in [1.29, 1.82) is 5.26 Å². The van der Waals surface area contributed by atoms with Gasteiger partial charge in [-0.05, 0) is 19.8 Å². The van der Waals surface area contributed by atoms with Crippen LogP contribution in [-0.4, -0.2) is 59.4 Å². The Morgan fingerprint density at radius 1 is 1.19 bits per heavy atom. The highest BCUT2D eigenvalue weighted by Crippen LogP contribution is 2.16. The molecule has 21 heavy (non-hydrogen) atoms. The second-order valence-corrected chi connectivity index (χ2v) is 6.18. The molecule has 1 heterocycles. The zero-order valence-electron chi connectivity index (χ0n) is 13.6. The number of piperazine rings is 1. The number of amides is 2. The normalized spacial score (nSPS) is 20.5. The van der Waals surface area contributed by atoms with Gasteiger partial charge in [-0.15, -0.1) is 0 Å². The summed E-state index contributed by atoms with van der Waals surface area (Å²) in [6.45, 7) is 11.6. The molecule has 118 valence electrons. The first kappa shape index (κ1) is 17.4. The van der Waals surface area contributed by atoms with Gasteiger partial charge in [0, 0.05) is 33.1 Å². The summed E-state index contributed by atoms with van der Waals surface area (Å²) < 4.78 is 0. The molecule has 2 amide bonds. The minimum Gasteiger partial charge on any atom is -0.340 e. The van der Waals surface area contributed by atoms with Crippen LogP contribution in [0.5, 0.6) is 0 Å². The maximum absolute atomic E-state index is 12.4. The molecule has 0 saturated carbocycles. The molecule has 0 aromatic heterocycles. The summed E-state index contributed by atoms with van der Waals surface area (Å²) in [6.07, 6.45) is 0. The van der Waals surface area contributed by atoms with Gasteiger partial charge in [0.1, 0.15) is 5.54 Å². The third-order valence-corrected chi connectivity index (χ3v) is 4.46. The standard InChI is InChI=1S/C15H26N4O2/c1-11(2)15(5,10-16)17-14(21)12(3)18-6-8-19(9-7-18)13(4)20/h11-12H,6-9H2,1-5H3,(H,17,21)/t12-,15-/m1/s1. The Kier molecular flexibility index (Phi) is 5.73. The molecule has 0 aromatic carbocycles. The molecule has 6 heteroatoms. The highest BCUT2D eigenvalue weighted by atomic mass is 16.2. The molecule has 1 saturated heterocycles. The molecular weight excluding hydrogens is 268 g/mol. The van der Waals surface area contributed by atoms with Crippen molar-refractivity contribution in [2.75, 3.05) is 26.2 Å². The molecule has 1 aliphatic rings. The summed E-state index contributed by atoms with van der Waals surface area (Å²) in [5, 5.41) is 12.1. The molecule has 2 atom stereocenters. The summed E-state index contributed by atoms with van der Waals surface area (Å²) in [5.41, 5.74) is -0.855. The van der Waals surface area contributed by atoms with Crippen molar-refractivity contribution in [2.45, 2.75) is 46.2 Å². The smallest absolute Gasteiger partial charge is 0.238 e. The zero-order chi connectivity index (χ0) is 16.2. The van der Waals surface area contributed by atoms with Gasteiger partial charge in [0.05, 0.1) is 12.1 Å². The number of nitrogens with zero attached hydrogens (tertiary/aromatic N) is 3. The van der Waals surface area contributed by atoms with Gasteiger partial charge in [0.15, 0.2) is 0 Å². The van der Waals surface area contributed by atoms with Crippen molar-refractivity contribution in [3.8, 4) is 6.07 Å². The molecule has 0 unspecified atom stereocenters. The van der Waals surface area contributed by atoms with E-state index in [0.717, 1.165) is 0 Å². The van der Waals surface area contributed by atoms with E-state index in [9.17, 15) is 14.9 Å². The van der Waals surface area contributed by atoms with Gasteiger partial charge in [0.25, 0.3) is 0 Å². The summed E-state index contributed by atoms with van der Waals surface area (Å²) in [4.78, 5) is 27.5. The fraction of sp³-hybridized carbons (Fsp3) is 0.800. The minimum absolute atomic E-state index is 0.0354. The third-order valence-electron chi connectivity index (χ3n) is 4.46. The van der Waals surface area contributed by atoms with Gasteiger partial charge in [0.2, 0.25) is 11.8 Å². The minimum atomic E-state index is -0.855. The van der Waals surface area contributed by atoms with E-state index in [2.05, 4.69) is 11.4 Å².